The fourth-order valence-corrected chi connectivity index (χ4v) is 4.38. The molecule has 1 amide bonds. The quantitative estimate of drug-likeness (QED) is 0.458. The Hall–Kier alpha value is -3.60. The van der Waals surface area contributed by atoms with Crippen LogP contribution >= 0.6 is 0 Å². The first-order valence-corrected chi connectivity index (χ1v) is 11.9. The van der Waals surface area contributed by atoms with Crippen molar-refractivity contribution in [1.82, 2.24) is 19.6 Å². The number of rotatable bonds is 9. The van der Waals surface area contributed by atoms with Gasteiger partial charge in [0.25, 0.3) is 11.5 Å². The van der Waals surface area contributed by atoms with Gasteiger partial charge < -0.3 is 15.2 Å². The fraction of sp³-hybridized carbons (Fsp3) is 0.440. The number of benzene rings is 1. The van der Waals surface area contributed by atoms with Crippen molar-refractivity contribution in [3.63, 3.8) is 0 Å². The van der Waals surface area contributed by atoms with E-state index in [9.17, 15) is 23.5 Å². The van der Waals surface area contributed by atoms with Gasteiger partial charge in [-0.25, -0.2) is 13.5 Å². The average Bonchev–Trinajstić information content (AvgIpc) is 3.46. The lowest BCUT2D eigenvalue weighted by Crippen LogP contribution is -2.36. The summed E-state index contributed by atoms with van der Waals surface area (Å²) in [5, 5.41) is 21.1. The number of nitrogens with one attached hydrogen (secondary N) is 1. The van der Waals surface area contributed by atoms with Crippen molar-refractivity contribution in [3.05, 3.63) is 64.7 Å². The van der Waals surface area contributed by atoms with Crippen LogP contribution in [0.3, 0.4) is 0 Å². The van der Waals surface area contributed by atoms with Crippen molar-refractivity contribution in [2.24, 2.45) is 5.92 Å². The monoisotopic (exact) mass is 501 g/mol. The molecule has 2 N–H and O–H groups in total. The molecule has 2 aromatic heterocycles. The molecule has 9 nitrogen and oxygen atoms in total. The van der Waals surface area contributed by atoms with Gasteiger partial charge in [0.1, 0.15) is 11.9 Å². The lowest BCUT2D eigenvalue weighted by molar-refractivity contribution is -0.120. The Morgan fingerprint density at radius 1 is 1.25 bits per heavy atom. The van der Waals surface area contributed by atoms with E-state index in [2.05, 4.69) is 15.5 Å². The molecule has 0 saturated heterocycles. The van der Waals surface area contributed by atoms with E-state index in [1.54, 1.807) is 26.1 Å². The smallest absolute Gasteiger partial charge is 0.271 e. The van der Waals surface area contributed by atoms with Crippen molar-refractivity contribution < 1.29 is 23.4 Å². The van der Waals surface area contributed by atoms with Gasteiger partial charge >= 0.3 is 0 Å². The molecule has 1 atom stereocenters. The highest BCUT2D eigenvalue weighted by Gasteiger charge is 2.29. The fourth-order valence-electron chi connectivity index (χ4n) is 4.38. The number of aliphatic hydroxyl groups is 1. The van der Waals surface area contributed by atoms with Crippen molar-refractivity contribution in [1.29, 1.82) is 0 Å². The molecular weight excluding hydrogens is 472 g/mol. The molecule has 0 spiro atoms. The van der Waals surface area contributed by atoms with Crippen LogP contribution in [0.1, 0.15) is 52.0 Å². The number of nitrogens with zero attached hydrogens (tertiary/aromatic N) is 4. The molecule has 1 aliphatic carbocycles. The second kappa shape index (κ2) is 10.6. The summed E-state index contributed by atoms with van der Waals surface area (Å²) >= 11 is 0. The Balaban J connectivity index is 1.55. The number of carbonyl (C=O) groups excluding carboxylic acids is 1. The molecule has 1 saturated carbocycles. The van der Waals surface area contributed by atoms with Crippen LogP contribution in [0, 0.1) is 17.6 Å². The number of amides is 1. The van der Waals surface area contributed by atoms with Crippen LogP contribution in [0.25, 0.3) is 0 Å². The zero-order chi connectivity index (χ0) is 25.9. The van der Waals surface area contributed by atoms with Crippen molar-refractivity contribution in [2.45, 2.75) is 64.1 Å². The summed E-state index contributed by atoms with van der Waals surface area (Å²) in [7, 11) is 0. The second-order valence-electron chi connectivity index (χ2n) is 9.75. The Kier molecular flexibility index (Phi) is 7.48. The lowest BCUT2D eigenvalue weighted by Gasteiger charge is -2.21. The van der Waals surface area contributed by atoms with E-state index < -0.39 is 34.7 Å². The van der Waals surface area contributed by atoms with Crippen molar-refractivity contribution in [3.8, 4) is 11.5 Å². The Labute approximate surface area is 206 Å². The number of halogens is 2. The maximum absolute atomic E-state index is 13.9. The molecule has 11 heteroatoms. The van der Waals surface area contributed by atoms with Gasteiger partial charge in [-0.15, -0.1) is 0 Å². The van der Waals surface area contributed by atoms with Crippen LogP contribution in [-0.4, -0.2) is 36.2 Å². The minimum Gasteiger partial charge on any atom is -0.452 e. The van der Waals surface area contributed by atoms with Crippen LogP contribution in [-0.2, 0) is 11.3 Å². The van der Waals surface area contributed by atoms with Gasteiger partial charge in [0, 0.05) is 24.4 Å². The summed E-state index contributed by atoms with van der Waals surface area (Å²) < 4.78 is 35.3. The highest BCUT2D eigenvalue weighted by atomic mass is 19.1. The summed E-state index contributed by atoms with van der Waals surface area (Å²) in [6.07, 6.45) is 7.29. The first kappa shape index (κ1) is 25.5. The summed E-state index contributed by atoms with van der Waals surface area (Å²) in [4.78, 5) is 26.2. The Morgan fingerprint density at radius 2 is 2.00 bits per heavy atom. The van der Waals surface area contributed by atoms with Crippen LogP contribution in [0.2, 0.25) is 0 Å². The number of ether oxygens (including phenoxy) is 1. The number of anilines is 1. The Bertz CT molecular complexity index is 1280. The minimum atomic E-state index is -0.978. The normalized spacial score (nSPS) is 15.1. The van der Waals surface area contributed by atoms with Crippen LogP contribution in [0.15, 0.2) is 47.5 Å². The molecule has 0 aliphatic heterocycles. The van der Waals surface area contributed by atoms with E-state index in [4.69, 9.17) is 4.74 Å². The summed E-state index contributed by atoms with van der Waals surface area (Å²) in [6, 6.07) is 4.54. The minimum absolute atomic E-state index is 0.0777. The number of hydrogen-bond donors (Lipinski definition) is 2. The molecule has 4 rings (SSSR count). The molecule has 36 heavy (non-hydrogen) atoms. The molecule has 1 aliphatic rings. The summed E-state index contributed by atoms with van der Waals surface area (Å²) in [6.45, 7) is 3.54. The van der Waals surface area contributed by atoms with E-state index >= 15 is 0 Å². The zero-order valence-corrected chi connectivity index (χ0v) is 20.2. The van der Waals surface area contributed by atoms with Gasteiger partial charge in [-0.05, 0) is 38.3 Å². The highest BCUT2D eigenvalue weighted by molar-refractivity contribution is 5.92. The standard InChI is InChI=1S/C25H29F2N5O4/c1-25(2,35)15-31-10-9-22(30-31)29-24(34)20(11-16-5-3-4-6-16)32-23(33)13-18(14-28-32)36-21-12-17(26)7-8-19(21)27/h7-10,12-14,16,20,35H,3-6,11,15H2,1-2H3,(H,29,30,34). The molecular formula is C25H29F2N5O4. The van der Waals surface area contributed by atoms with Gasteiger partial charge in [-0.3, -0.25) is 14.3 Å². The average molecular weight is 502 g/mol. The van der Waals surface area contributed by atoms with Crippen molar-refractivity contribution >= 4 is 11.7 Å². The maximum Gasteiger partial charge on any atom is 0.271 e. The molecule has 1 aromatic carbocycles. The maximum atomic E-state index is 13.9. The topological polar surface area (TPSA) is 111 Å². The Morgan fingerprint density at radius 3 is 2.69 bits per heavy atom. The predicted molar refractivity (Wildman–Crippen MR) is 128 cm³/mol. The molecule has 0 radical (unpaired) electrons. The molecule has 1 fully saturated rings. The highest BCUT2D eigenvalue weighted by Crippen LogP contribution is 2.32. The van der Waals surface area contributed by atoms with E-state index in [0.29, 0.717) is 6.42 Å². The SMILES string of the molecule is CC(C)(O)Cn1ccc(NC(=O)C(CC2CCCC2)n2ncc(Oc3cc(F)ccc3F)cc2=O)n1. The molecule has 3 aromatic rings. The van der Waals surface area contributed by atoms with E-state index in [-0.39, 0.29) is 29.8 Å². The number of aromatic nitrogens is 4. The van der Waals surface area contributed by atoms with Crippen molar-refractivity contribution in [2.75, 3.05) is 5.32 Å². The van der Waals surface area contributed by atoms with E-state index in [1.165, 1.54) is 10.9 Å². The van der Waals surface area contributed by atoms with Gasteiger partial charge in [0.05, 0.1) is 18.3 Å². The summed E-state index contributed by atoms with van der Waals surface area (Å²) in [5.41, 5.74) is -1.59. The second-order valence-corrected chi connectivity index (χ2v) is 9.75. The third kappa shape index (κ3) is 6.54. The molecule has 1 unspecified atom stereocenters. The van der Waals surface area contributed by atoms with Gasteiger partial charge in [-0.1, -0.05) is 25.7 Å². The van der Waals surface area contributed by atoms with Crippen LogP contribution in [0.4, 0.5) is 14.6 Å². The predicted octanol–water partition coefficient (Wildman–Crippen LogP) is 4.04. The van der Waals surface area contributed by atoms with Gasteiger partial charge in [0.2, 0.25) is 0 Å². The largest absolute Gasteiger partial charge is 0.452 e. The van der Waals surface area contributed by atoms with Gasteiger partial charge in [0.15, 0.2) is 23.1 Å². The lowest BCUT2D eigenvalue weighted by atomic mass is 9.98. The zero-order valence-electron chi connectivity index (χ0n) is 20.2. The molecule has 192 valence electrons. The first-order chi connectivity index (χ1) is 17.1. The number of hydrogen-bond acceptors (Lipinski definition) is 6. The first-order valence-electron chi connectivity index (χ1n) is 11.9. The third-order valence-electron chi connectivity index (χ3n) is 5.99. The van der Waals surface area contributed by atoms with Gasteiger partial charge in [-0.2, -0.15) is 10.2 Å². The van der Waals surface area contributed by atoms with Crippen LogP contribution < -0.4 is 15.6 Å². The van der Waals surface area contributed by atoms with Crippen LogP contribution in [0.5, 0.6) is 11.5 Å². The molecule has 0 bridgehead atoms. The van der Waals surface area contributed by atoms with E-state index in [1.807, 2.05) is 0 Å². The number of carbonyl (C=O) groups is 1. The molecule has 2 heterocycles. The summed E-state index contributed by atoms with van der Waals surface area (Å²) in [5.74, 6) is -1.83. The van der Waals surface area contributed by atoms with E-state index in [0.717, 1.165) is 54.6 Å². The third-order valence-corrected chi connectivity index (χ3v) is 5.99.